The molecule has 5 aromatic rings. The Morgan fingerprint density at radius 3 is 2.36 bits per heavy atom. The number of nitrogens with one attached hydrogen (secondary N) is 1. The van der Waals surface area contributed by atoms with Crippen LogP contribution in [0.15, 0.2) is 99.9 Å². The summed E-state index contributed by atoms with van der Waals surface area (Å²) in [5, 5.41) is 5.30. The monoisotopic (exact) mass is 515 g/mol. The zero-order chi connectivity index (χ0) is 25.1. The Kier molecular flexibility index (Phi) is 6.84. The first-order chi connectivity index (χ1) is 17.5. The number of halogens is 1. The van der Waals surface area contributed by atoms with Crippen LogP contribution in [-0.4, -0.2) is 15.0 Å². The fourth-order valence-corrected chi connectivity index (χ4v) is 5.13. The molecule has 0 spiro atoms. The number of benzene rings is 3. The Labute approximate surface area is 216 Å². The first-order valence-electron chi connectivity index (χ1n) is 11.4. The largest absolute Gasteiger partial charge is 0.352 e. The van der Waals surface area contributed by atoms with E-state index in [1.807, 2.05) is 47.8 Å². The highest BCUT2D eigenvalue weighted by Crippen LogP contribution is 2.19. The number of carbonyl (C=O) groups excluding carboxylic acids is 1. The van der Waals surface area contributed by atoms with Crippen molar-refractivity contribution in [3.05, 3.63) is 133 Å². The van der Waals surface area contributed by atoms with E-state index in [2.05, 4.69) is 5.32 Å². The Balaban J connectivity index is 1.41. The van der Waals surface area contributed by atoms with E-state index in [1.165, 1.54) is 15.9 Å². The average Bonchev–Trinajstić information content (AvgIpc) is 3.37. The van der Waals surface area contributed by atoms with E-state index in [9.17, 15) is 14.4 Å². The molecule has 36 heavy (non-hydrogen) atoms. The Morgan fingerprint density at radius 2 is 1.61 bits per heavy atom. The van der Waals surface area contributed by atoms with Crippen LogP contribution >= 0.6 is 22.9 Å². The maximum Gasteiger partial charge on any atom is 0.336 e. The van der Waals surface area contributed by atoms with Crippen molar-refractivity contribution < 1.29 is 4.79 Å². The van der Waals surface area contributed by atoms with Gasteiger partial charge in [-0.1, -0.05) is 66.2 Å². The standard InChI is InChI=1S/C28H22ClN3O3S/c29-22-8-4-7-21(15-22)18-31-24-13-14-36-26(24)27(34)32(28(31)35)23-11-9-19(10-12-23)16-25(33)30-17-20-5-2-1-3-6-20/h1-15H,16-18H2,(H,30,33). The molecule has 0 aliphatic heterocycles. The summed E-state index contributed by atoms with van der Waals surface area (Å²) in [4.78, 5) is 39.1. The van der Waals surface area contributed by atoms with Gasteiger partial charge in [-0.05, 0) is 52.4 Å². The van der Waals surface area contributed by atoms with Crippen LogP contribution in [0.2, 0.25) is 5.02 Å². The average molecular weight is 516 g/mol. The molecule has 0 unspecified atom stereocenters. The van der Waals surface area contributed by atoms with Gasteiger partial charge in [-0.3, -0.25) is 14.2 Å². The second kappa shape index (κ2) is 10.4. The number of hydrogen-bond donors (Lipinski definition) is 1. The number of hydrogen-bond acceptors (Lipinski definition) is 4. The molecule has 6 nitrogen and oxygen atoms in total. The highest BCUT2D eigenvalue weighted by atomic mass is 35.5. The number of aromatic nitrogens is 2. The van der Waals surface area contributed by atoms with Gasteiger partial charge in [0.25, 0.3) is 5.56 Å². The Hall–Kier alpha value is -3.94. The van der Waals surface area contributed by atoms with Crippen molar-refractivity contribution in [3.8, 4) is 5.69 Å². The summed E-state index contributed by atoms with van der Waals surface area (Å²) in [7, 11) is 0. The number of nitrogens with zero attached hydrogens (tertiary/aromatic N) is 2. The predicted octanol–water partition coefficient (Wildman–Crippen LogP) is 4.77. The van der Waals surface area contributed by atoms with Gasteiger partial charge in [0.15, 0.2) is 0 Å². The molecule has 0 fully saturated rings. The van der Waals surface area contributed by atoms with Crippen molar-refractivity contribution in [1.29, 1.82) is 0 Å². The van der Waals surface area contributed by atoms with Crippen LogP contribution in [0.1, 0.15) is 16.7 Å². The zero-order valence-corrected chi connectivity index (χ0v) is 20.8. The van der Waals surface area contributed by atoms with Gasteiger partial charge in [-0.25, -0.2) is 9.36 Å². The molecule has 1 amide bonds. The maximum absolute atomic E-state index is 13.5. The third-order valence-corrected chi connectivity index (χ3v) is 7.00. The van der Waals surface area contributed by atoms with Crippen LogP contribution < -0.4 is 16.6 Å². The topological polar surface area (TPSA) is 73.1 Å². The summed E-state index contributed by atoms with van der Waals surface area (Å²) in [6, 6.07) is 25.7. The lowest BCUT2D eigenvalue weighted by Gasteiger charge is -2.13. The molecular weight excluding hydrogens is 494 g/mol. The summed E-state index contributed by atoms with van der Waals surface area (Å²) in [5.74, 6) is -0.104. The SMILES string of the molecule is O=C(Cc1ccc(-n2c(=O)c3sccc3n(Cc3cccc(Cl)c3)c2=O)cc1)NCc1ccccc1. The molecule has 3 aromatic carbocycles. The smallest absolute Gasteiger partial charge is 0.336 e. The van der Waals surface area contributed by atoms with E-state index in [4.69, 9.17) is 11.6 Å². The molecule has 2 aromatic heterocycles. The van der Waals surface area contributed by atoms with E-state index >= 15 is 0 Å². The minimum absolute atomic E-state index is 0.104. The summed E-state index contributed by atoms with van der Waals surface area (Å²) in [6.07, 6.45) is 0.199. The van der Waals surface area contributed by atoms with Crippen molar-refractivity contribution in [3.63, 3.8) is 0 Å². The van der Waals surface area contributed by atoms with Gasteiger partial charge in [0, 0.05) is 11.6 Å². The summed E-state index contributed by atoms with van der Waals surface area (Å²) in [6.45, 7) is 0.743. The van der Waals surface area contributed by atoms with Crippen LogP contribution in [-0.2, 0) is 24.3 Å². The van der Waals surface area contributed by atoms with Crippen LogP contribution in [0.4, 0.5) is 0 Å². The molecule has 180 valence electrons. The van der Waals surface area contributed by atoms with E-state index < -0.39 is 5.69 Å². The highest BCUT2D eigenvalue weighted by molar-refractivity contribution is 7.17. The summed E-state index contributed by atoms with van der Waals surface area (Å²) >= 11 is 7.44. The predicted molar refractivity (Wildman–Crippen MR) is 144 cm³/mol. The number of rotatable bonds is 7. The van der Waals surface area contributed by atoms with Crippen molar-refractivity contribution in [2.75, 3.05) is 0 Å². The van der Waals surface area contributed by atoms with Crippen molar-refractivity contribution >= 4 is 39.1 Å². The van der Waals surface area contributed by atoms with Crippen LogP contribution in [0, 0.1) is 0 Å². The number of thiophene rings is 1. The molecule has 5 rings (SSSR count). The third kappa shape index (κ3) is 5.03. The van der Waals surface area contributed by atoms with E-state index in [1.54, 1.807) is 47.0 Å². The van der Waals surface area contributed by atoms with Gasteiger partial charge < -0.3 is 5.32 Å². The molecule has 2 heterocycles. The molecular formula is C28H22ClN3O3S. The van der Waals surface area contributed by atoms with Gasteiger partial charge in [0.05, 0.1) is 24.2 Å². The molecule has 0 atom stereocenters. The van der Waals surface area contributed by atoms with Gasteiger partial charge in [-0.15, -0.1) is 11.3 Å². The Morgan fingerprint density at radius 1 is 0.861 bits per heavy atom. The second-order valence-electron chi connectivity index (χ2n) is 8.38. The minimum Gasteiger partial charge on any atom is -0.352 e. The maximum atomic E-state index is 13.5. The minimum atomic E-state index is -0.431. The first-order valence-corrected chi connectivity index (χ1v) is 12.6. The number of carbonyl (C=O) groups is 1. The molecule has 8 heteroatoms. The van der Waals surface area contributed by atoms with E-state index in [0.717, 1.165) is 16.7 Å². The fourth-order valence-electron chi connectivity index (χ4n) is 4.09. The van der Waals surface area contributed by atoms with Crippen molar-refractivity contribution in [1.82, 2.24) is 14.5 Å². The lowest BCUT2D eigenvalue weighted by atomic mass is 10.1. The van der Waals surface area contributed by atoms with Gasteiger partial charge in [-0.2, -0.15) is 0 Å². The second-order valence-corrected chi connectivity index (χ2v) is 9.73. The number of amides is 1. The quantitative estimate of drug-likeness (QED) is 0.339. The summed E-state index contributed by atoms with van der Waals surface area (Å²) in [5.41, 5.74) is 2.93. The molecule has 1 N–H and O–H groups in total. The molecule has 0 radical (unpaired) electrons. The van der Waals surface area contributed by atoms with E-state index in [0.29, 0.717) is 27.5 Å². The number of fused-ring (bicyclic) bond motifs is 1. The molecule has 0 saturated carbocycles. The van der Waals surface area contributed by atoms with Gasteiger partial charge in [0.2, 0.25) is 5.91 Å². The van der Waals surface area contributed by atoms with Crippen LogP contribution in [0.5, 0.6) is 0 Å². The fraction of sp³-hybridized carbons (Fsp3) is 0.107. The molecule has 0 saturated heterocycles. The van der Waals surface area contributed by atoms with Gasteiger partial charge >= 0.3 is 5.69 Å². The normalized spacial score (nSPS) is 11.0. The molecule has 0 bridgehead atoms. The Bertz CT molecular complexity index is 1650. The van der Waals surface area contributed by atoms with E-state index in [-0.39, 0.29) is 24.4 Å². The third-order valence-electron chi connectivity index (χ3n) is 5.88. The molecule has 0 aliphatic carbocycles. The van der Waals surface area contributed by atoms with Gasteiger partial charge in [0.1, 0.15) is 4.70 Å². The van der Waals surface area contributed by atoms with Crippen LogP contribution in [0.25, 0.3) is 15.9 Å². The highest BCUT2D eigenvalue weighted by Gasteiger charge is 2.16. The molecule has 0 aliphatic rings. The van der Waals surface area contributed by atoms with Crippen LogP contribution in [0.3, 0.4) is 0 Å². The zero-order valence-electron chi connectivity index (χ0n) is 19.2. The first kappa shape index (κ1) is 23.8. The summed E-state index contributed by atoms with van der Waals surface area (Å²) < 4.78 is 3.27. The lowest BCUT2D eigenvalue weighted by molar-refractivity contribution is -0.120. The van der Waals surface area contributed by atoms with Crippen molar-refractivity contribution in [2.45, 2.75) is 19.5 Å². The van der Waals surface area contributed by atoms with Crippen molar-refractivity contribution in [2.24, 2.45) is 0 Å². The lowest BCUT2D eigenvalue weighted by Crippen LogP contribution is -2.38.